The van der Waals surface area contributed by atoms with E-state index in [1.807, 2.05) is 7.05 Å². The highest BCUT2D eigenvalue weighted by atomic mass is 35.5. The Morgan fingerprint density at radius 2 is 2.28 bits per heavy atom. The van der Waals surface area contributed by atoms with Gasteiger partial charge in [-0.1, -0.05) is 11.6 Å². The number of amides is 1. The van der Waals surface area contributed by atoms with Crippen molar-refractivity contribution < 1.29 is 9.53 Å². The number of carbonyl (C=O) groups excluding carboxylic acids is 1. The molecule has 0 spiro atoms. The maximum atomic E-state index is 11.3. The molecule has 0 radical (unpaired) electrons. The van der Waals surface area contributed by atoms with E-state index in [1.165, 1.54) is 0 Å². The minimum absolute atomic E-state index is 0.169. The van der Waals surface area contributed by atoms with E-state index in [0.29, 0.717) is 22.3 Å². The number of carbonyl (C=O) groups is 1. The Labute approximate surface area is 111 Å². The zero-order valence-corrected chi connectivity index (χ0v) is 11.0. The highest BCUT2D eigenvalue weighted by Crippen LogP contribution is 2.32. The molecule has 2 rings (SSSR count). The molecule has 1 aliphatic rings. The van der Waals surface area contributed by atoms with Crippen molar-refractivity contribution >= 4 is 17.5 Å². The predicted octanol–water partition coefficient (Wildman–Crippen LogP) is 1.82. The van der Waals surface area contributed by atoms with Gasteiger partial charge < -0.3 is 15.8 Å². The minimum Gasteiger partial charge on any atom is -0.490 e. The summed E-state index contributed by atoms with van der Waals surface area (Å²) < 4.78 is 5.79. The topological polar surface area (TPSA) is 64.3 Å². The summed E-state index contributed by atoms with van der Waals surface area (Å²) in [6, 6.07) is 4.95. The summed E-state index contributed by atoms with van der Waals surface area (Å²) in [6.45, 7) is 1.00. The lowest BCUT2D eigenvalue weighted by molar-refractivity contribution is 0.0643. The lowest BCUT2D eigenvalue weighted by Crippen LogP contribution is -2.39. The van der Waals surface area contributed by atoms with Crippen LogP contribution >= 0.6 is 11.6 Å². The minimum atomic E-state index is -0.515. The molecule has 98 valence electrons. The summed E-state index contributed by atoms with van der Waals surface area (Å²) in [4.78, 5) is 11.3. The van der Waals surface area contributed by atoms with Crippen LogP contribution in [0, 0.1) is 5.92 Å². The lowest BCUT2D eigenvalue weighted by Gasteiger charge is -2.35. The van der Waals surface area contributed by atoms with Gasteiger partial charge in [0.05, 0.1) is 11.7 Å². The van der Waals surface area contributed by atoms with Crippen molar-refractivity contribution in [1.82, 2.24) is 5.32 Å². The molecule has 0 aromatic heterocycles. The molecule has 0 unspecified atom stereocenters. The van der Waals surface area contributed by atoms with Crippen molar-refractivity contribution in [2.24, 2.45) is 11.7 Å². The first-order valence-corrected chi connectivity index (χ1v) is 6.38. The van der Waals surface area contributed by atoms with Crippen LogP contribution < -0.4 is 15.8 Å². The molecule has 1 aliphatic carbocycles. The third-order valence-corrected chi connectivity index (χ3v) is 3.42. The fraction of sp³-hybridized carbons (Fsp3) is 0.462. The monoisotopic (exact) mass is 268 g/mol. The van der Waals surface area contributed by atoms with Crippen LogP contribution in [0.1, 0.15) is 23.2 Å². The molecule has 4 nitrogen and oxygen atoms in total. The number of halogens is 1. The molecular formula is C13H17ClN2O2. The SMILES string of the molecule is CNCC1CC(Oc2ccc(Cl)cc2C(N)=O)C1. The van der Waals surface area contributed by atoms with Crippen LogP contribution in [0.15, 0.2) is 18.2 Å². The molecule has 1 amide bonds. The fourth-order valence-corrected chi connectivity index (χ4v) is 2.38. The standard InChI is InChI=1S/C13H17ClN2O2/c1-16-7-8-4-10(5-8)18-12-3-2-9(14)6-11(12)13(15)17/h2-3,6,8,10,16H,4-5,7H2,1H3,(H2,15,17). The van der Waals surface area contributed by atoms with E-state index in [1.54, 1.807) is 18.2 Å². The largest absolute Gasteiger partial charge is 0.490 e. The Kier molecular flexibility index (Phi) is 4.09. The smallest absolute Gasteiger partial charge is 0.252 e. The quantitative estimate of drug-likeness (QED) is 0.856. The Morgan fingerprint density at radius 3 is 2.89 bits per heavy atom. The molecule has 3 N–H and O–H groups in total. The number of hydrogen-bond acceptors (Lipinski definition) is 3. The van der Waals surface area contributed by atoms with Crippen molar-refractivity contribution in [2.75, 3.05) is 13.6 Å². The summed E-state index contributed by atoms with van der Waals surface area (Å²) in [5.74, 6) is 0.669. The molecule has 1 aromatic carbocycles. The van der Waals surface area contributed by atoms with Crippen molar-refractivity contribution in [3.05, 3.63) is 28.8 Å². The summed E-state index contributed by atoms with van der Waals surface area (Å²) in [5, 5.41) is 3.63. The highest BCUT2D eigenvalue weighted by Gasteiger charge is 2.30. The summed E-state index contributed by atoms with van der Waals surface area (Å²) in [7, 11) is 1.94. The molecule has 0 aliphatic heterocycles. The van der Waals surface area contributed by atoms with E-state index in [9.17, 15) is 4.79 Å². The van der Waals surface area contributed by atoms with Gasteiger partial charge in [-0.05, 0) is 50.6 Å². The van der Waals surface area contributed by atoms with Gasteiger partial charge in [-0.25, -0.2) is 0 Å². The Hall–Kier alpha value is -1.26. The second-order valence-electron chi connectivity index (χ2n) is 4.64. The number of rotatable bonds is 5. The van der Waals surface area contributed by atoms with Crippen molar-refractivity contribution in [1.29, 1.82) is 0 Å². The van der Waals surface area contributed by atoms with Gasteiger partial charge >= 0.3 is 0 Å². The van der Waals surface area contributed by atoms with Crippen molar-refractivity contribution in [3.63, 3.8) is 0 Å². The van der Waals surface area contributed by atoms with E-state index < -0.39 is 5.91 Å². The molecule has 5 heteroatoms. The van der Waals surface area contributed by atoms with Crippen LogP contribution in [0.4, 0.5) is 0 Å². The van der Waals surface area contributed by atoms with Crippen molar-refractivity contribution in [3.8, 4) is 5.75 Å². The molecule has 0 heterocycles. The lowest BCUT2D eigenvalue weighted by atomic mass is 9.82. The van der Waals surface area contributed by atoms with Gasteiger partial charge in [0.1, 0.15) is 5.75 Å². The van der Waals surface area contributed by atoms with Crippen LogP contribution in [0.2, 0.25) is 5.02 Å². The number of nitrogens with two attached hydrogens (primary N) is 1. The summed E-state index contributed by atoms with van der Waals surface area (Å²) in [5.41, 5.74) is 5.65. The average molecular weight is 269 g/mol. The van der Waals surface area contributed by atoms with Crippen LogP contribution in [0.3, 0.4) is 0 Å². The third-order valence-electron chi connectivity index (χ3n) is 3.19. The molecule has 1 fully saturated rings. The molecule has 1 aromatic rings. The number of ether oxygens (including phenoxy) is 1. The van der Waals surface area contributed by atoms with E-state index in [2.05, 4.69) is 5.32 Å². The van der Waals surface area contributed by atoms with E-state index in [-0.39, 0.29) is 6.10 Å². The van der Waals surface area contributed by atoms with Gasteiger partial charge in [-0.3, -0.25) is 4.79 Å². The fourth-order valence-electron chi connectivity index (χ4n) is 2.20. The predicted molar refractivity (Wildman–Crippen MR) is 71.0 cm³/mol. The summed E-state index contributed by atoms with van der Waals surface area (Å²) >= 11 is 5.84. The van der Waals surface area contributed by atoms with Crippen LogP contribution in [0.25, 0.3) is 0 Å². The van der Waals surface area contributed by atoms with Crippen LogP contribution in [-0.4, -0.2) is 25.6 Å². The van der Waals surface area contributed by atoms with E-state index >= 15 is 0 Å². The zero-order chi connectivity index (χ0) is 13.1. The average Bonchev–Trinajstić information content (AvgIpc) is 2.28. The summed E-state index contributed by atoms with van der Waals surface area (Å²) in [6.07, 6.45) is 2.17. The Morgan fingerprint density at radius 1 is 1.56 bits per heavy atom. The zero-order valence-electron chi connectivity index (χ0n) is 10.3. The van der Waals surface area contributed by atoms with E-state index in [0.717, 1.165) is 19.4 Å². The number of nitrogens with one attached hydrogen (secondary N) is 1. The molecular weight excluding hydrogens is 252 g/mol. The number of primary amides is 1. The Balaban J connectivity index is 2.00. The van der Waals surface area contributed by atoms with Gasteiger partial charge in [-0.15, -0.1) is 0 Å². The maximum absolute atomic E-state index is 11.3. The molecule has 0 bridgehead atoms. The molecule has 0 atom stereocenters. The second kappa shape index (κ2) is 5.59. The van der Waals surface area contributed by atoms with Gasteiger partial charge in [0.25, 0.3) is 5.91 Å². The first-order chi connectivity index (χ1) is 8.60. The van der Waals surface area contributed by atoms with Crippen LogP contribution in [0.5, 0.6) is 5.75 Å². The third kappa shape index (κ3) is 2.94. The van der Waals surface area contributed by atoms with E-state index in [4.69, 9.17) is 22.1 Å². The highest BCUT2D eigenvalue weighted by molar-refractivity contribution is 6.31. The first kappa shape index (κ1) is 13.2. The molecule has 0 saturated heterocycles. The normalized spacial score (nSPS) is 22.3. The van der Waals surface area contributed by atoms with Gasteiger partial charge in [-0.2, -0.15) is 0 Å². The van der Waals surface area contributed by atoms with Gasteiger partial charge in [0.2, 0.25) is 0 Å². The first-order valence-electron chi connectivity index (χ1n) is 6.00. The van der Waals surface area contributed by atoms with Gasteiger partial charge in [0, 0.05) is 5.02 Å². The molecule has 1 saturated carbocycles. The molecule has 18 heavy (non-hydrogen) atoms. The van der Waals surface area contributed by atoms with Gasteiger partial charge in [0.15, 0.2) is 0 Å². The van der Waals surface area contributed by atoms with Crippen molar-refractivity contribution in [2.45, 2.75) is 18.9 Å². The van der Waals surface area contributed by atoms with Crippen LogP contribution in [-0.2, 0) is 0 Å². The number of hydrogen-bond donors (Lipinski definition) is 2. The maximum Gasteiger partial charge on any atom is 0.252 e. The Bertz CT molecular complexity index is 445. The number of benzene rings is 1. The second-order valence-corrected chi connectivity index (χ2v) is 5.08.